The van der Waals surface area contributed by atoms with E-state index in [9.17, 15) is 35.5 Å². The van der Waals surface area contributed by atoms with Gasteiger partial charge in [-0.25, -0.2) is 4.39 Å². The van der Waals surface area contributed by atoms with Gasteiger partial charge in [0.1, 0.15) is 0 Å². The zero-order chi connectivity index (χ0) is 12.7. The first-order valence-electron chi connectivity index (χ1n) is 3.16. The molecule has 0 amide bonds. The lowest BCUT2D eigenvalue weighted by molar-refractivity contribution is -0.345. The minimum Gasteiger partial charge on any atom is -0.480 e. The zero-order valence-corrected chi connectivity index (χ0v) is 6.66. The van der Waals surface area contributed by atoms with Crippen LogP contribution in [0.15, 0.2) is 0 Å². The highest BCUT2D eigenvalue weighted by Gasteiger charge is 2.77. The molecule has 0 saturated carbocycles. The minimum absolute atomic E-state index is 2.74. The molecular weight excluding hydrogens is 239 g/mol. The maximum Gasteiger partial charge on any atom is 0.433 e. The van der Waals surface area contributed by atoms with Crippen LogP contribution in [0.3, 0.4) is 0 Å². The number of halogens is 7. The van der Waals surface area contributed by atoms with E-state index in [0.717, 1.165) is 0 Å². The van der Waals surface area contributed by atoms with Gasteiger partial charge in [-0.1, -0.05) is 0 Å². The summed E-state index contributed by atoms with van der Waals surface area (Å²) in [4.78, 5) is 9.87. The van der Waals surface area contributed by atoms with Crippen LogP contribution in [0, 0.1) is 0 Å². The Hall–Kier alpha value is -1.06. The first-order valence-corrected chi connectivity index (χ1v) is 3.16. The predicted octanol–water partition coefficient (Wildman–Crippen LogP) is 1.23. The van der Waals surface area contributed by atoms with Crippen molar-refractivity contribution >= 4 is 5.97 Å². The van der Waals surface area contributed by atoms with Gasteiger partial charge < -0.3 is 10.8 Å². The summed E-state index contributed by atoms with van der Waals surface area (Å²) in [5.74, 6) is -2.74. The summed E-state index contributed by atoms with van der Waals surface area (Å²) < 4.78 is 83.3. The van der Waals surface area contributed by atoms with E-state index in [4.69, 9.17) is 5.11 Å². The van der Waals surface area contributed by atoms with Crippen LogP contribution in [0.1, 0.15) is 0 Å². The van der Waals surface area contributed by atoms with Crippen LogP contribution < -0.4 is 5.73 Å². The van der Waals surface area contributed by atoms with Crippen LogP contribution in [0.2, 0.25) is 0 Å². The van der Waals surface area contributed by atoms with Gasteiger partial charge in [0.25, 0.3) is 0 Å². The van der Waals surface area contributed by atoms with E-state index >= 15 is 0 Å². The first kappa shape index (κ1) is 13.9. The van der Waals surface area contributed by atoms with Gasteiger partial charge in [-0.3, -0.25) is 4.79 Å². The molecule has 3 nitrogen and oxygen atoms in total. The molecule has 0 spiro atoms. The summed E-state index contributed by atoms with van der Waals surface area (Å²) in [6.45, 7) is 0. The average Bonchev–Trinajstić information content (AvgIpc) is 1.96. The van der Waals surface area contributed by atoms with Crippen LogP contribution in [0.4, 0.5) is 30.7 Å². The Bertz CT molecular complexity index is 243. The third-order valence-electron chi connectivity index (χ3n) is 1.52. The van der Waals surface area contributed by atoms with Crippen LogP contribution in [0.5, 0.6) is 0 Å². The van der Waals surface area contributed by atoms with Gasteiger partial charge in [0, 0.05) is 0 Å². The van der Waals surface area contributed by atoms with Gasteiger partial charge in [0.05, 0.1) is 0 Å². The summed E-state index contributed by atoms with van der Waals surface area (Å²) in [6.07, 6.45) is -12.9. The molecule has 0 aromatic carbocycles. The monoisotopic (exact) mass is 243 g/mol. The van der Waals surface area contributed by atoms with Crippen molar-refractivity contribution in [3.63, 3.8) is 0 Å². The van der Waals surface area contributed by atoms with E-state index in [2.05, 4.69) is 5.73 Å². The van der Waals surface area contributed by atoms with E-state index in [-0.39, 0.29) is 0 Å². The molecule has 0 bridgehead atoms. The van der Waals surface area contributed by atoms with Gasteiger partial charge in [-0.15, -0.1) is 0 Å². The molecule has 1 unspecified atom stereocenters. The van der Waals surface area contributed by atoms with Crippen molar-refractivity contribution in [1.29, 1.82) is 0 Å². The molecule has 15 heavy (non-hydrogen) atoms. The quantitative estimate of drug-likeness (QED) is 0.717. The number of hydrogen-bond donors (Lipinski definition) is 2. The van der Waals surface area contributed by atoms with Crippen molar-refractivity contribution in [2.75, 3.05) is 0 Å². The average molecular weight is 243 g/mol. The van der Waals surface area contributed by atoms with Gasteiger partial charge in [-0.2, -0.15) is 26.3 Å². The van der Waals surface area contributed by atoms with Crippen LogP contribution in [0.25, 0.3) is 0 Å². The highest BCUT2D eigenvalue weighted by Crippen LogP contribution is 2.47. The Kier molecular flexibility index (Phi) is 3.26. The second kappa shape index (κ2) is 3.51. The van der Waals surface area contributed by atoms with E-state index in [0.29, 0.717) is 0 Å². The third kappa shape index (κ3) is 2.13. The number of carbonyl (C=O) groups is 1. The summed E-state index contributed by atoms with van der Waals surface area (Å²) in [5.41, 5.74) is -1.91. The van der Waals surface area contributed by atoms with E-state index in [1.165, 1.54) is 0 Å². The molecule has 3 N–H and O–H groups in total. The van der Waals surface area contributed by atoms with Crippen molar-refractivity contribution in [2.45, 2.75) is 24.1 Å². The standard InChI is InChI=1S/C5H4F7NO2/c6-3(4(7,8)9,5(10,11)12)1(13)2(14)15/h1H,13H2,(H,14,15). The number of carboxylic acid groups (broad SMARTS) is 1. The zero-order valence-electron chi connectivity index (χ0n) is 6.66. The second-order valence-electron chi connectivity index (χ2n) is 2.52. The van der Waals surface area contributed by atoms with Crippen LogP contribution >= 0.6 is 0 Å². The Labute approximate surface area is 77.7 Å². The van der Waals surface area contributed by atoms with Crippen molar-refractivity contribution in [2.24, 2.45) is 5.73 Å². The van der Waals surface area contributed by atoms with Gasteiger partial charge in [0.2, 0.25) is 0 Å². The maximum atomic E-state index is 12.7. The van der Waals surface area contributed by atoms with Crippen LogP contribution in [-0.4, -0.2) is 35.1 Å². The molecule has 10 heteroatoms. The van der Waals surface area contributed by atoms with Crippen molar-refractivity contribution < 1.29 is 40.6 Å². The Balaban J connectivity index is 5.53. The molecule has 0 rings (SSSR count). The van der Waals surface area contributed by atoms with Crippen LogP contribution in [-0.2, 0) is 4.79 Å². The molecule has 0 aromatic heterocycles. The van der Waals surface area contributed by atoms with Crippen molar-refractivity contribution in [3.05, 3.63) is 0 Å². The fourth-order valence-electron chi connectivity index (χ4n) is 0.684. The summed E-state index contributed by atoms with van der Waals surface area (Å²) in [7, 11) is 0. The SMILES string of the molecule is NC(C(=O)O)C(F)(C(F)(F)F)C(F)(F)F. The normalized spacial score (nSPS) is 16.3. The molecule has 0 heterocycles. The molecule has 0 saturated heterocycles. The van der Waals surface area contributed by atoms with Crippen molar-refractivity contribution in [1.82, 2.24) is 0 Å². The van der Waals surface area contributed by atoms with E-state index < -0.39 is 30.0 Å². The molecule has 0 aromatic rings. The highest BCUT2D eigenvalue weighted by atomic mass is 19.4. The molecule has 1 atom stereocenters. The third-order valence-corrected chi connectivity index (χ3v) is 1.52. The molecule has 0 aliphatic carbocycles. The van der Waals surface area contributed by atoms with Gasteiger partial charge in [-0.05, 0) is 0 Å². The fourth-order valence-corrected chi connectivity index (χ4v) is 0.684. The number of rotatable bonds is 2. The number of alkyl halides is 7. The molecule has 0 aliphatic heterocycles. The fraction of sp³-hybridized carbons (Fsp3) is 0.800. The summed E-state index contributed by atoms with van der Waals surface area (Å²) in [6, 6.07) is -3.77. The van der Waals surface area contributed by atoms with E-state index in [1.54, 1.807) is 0 Å². The highest BCUT2D eigenvalue weighted by molar-refractivity contribution is 5.75. The molecular formula is C5H4F7NO2. The molecule has 0 fully saturated rings. The Morgan fingerprint density at radius 1 is 1.00 bits per heavy atom. The maximum absolute atomic E-state index is 12.7. The minimum atomic E-state index is -6.46. The number of hydrogen-bond acceptors (Lipinski definition) is 2. The lowest BCUT2D eigenvalue weighted by Crippen LogP contribution is -2.66. The lowest BCUT2D eigenvalue weighted by atomic mass is 9.95. The number of nitrogens with two attached hydrogens (primary N) is 1. The smallest absolute Gasteiger partial charge is 0.433 e. The first-order chi connectivity index (χ1) is 6.35. The molecule has 0 radical (unpaired) electrons. The molecule has 90 valence electrons. The summed E-state index contributed by atoms with van der Waals surface area (Å²) in [5, 5.41) is 7.88. The van der Waals surface area contributed by atoms with E-state index in [1.807, 2.05) is 0 Å². The Morgan fingerprint density at radius 2 is 1.27 bits per heavy atom. The Morgan fingerprint density at radius 3 is 1.33 bits per heavy atom. The van der Waals surface area contributed by atoms with Gasteiger partial charge in [0.15, 0.2) is 6.04 Å². The van der Waals surface area contributed by atoms with Crippen molar-refractivity contribution in [3.8, 4) is 0 Å². The number of carboxylic acids is 1. The topological polar surface area (TPSA) is 63.3 Å². The molecule has 0 aliphatic rings. The second-order valence-corrected chi connectivity index (χ2v) is 2.52. The predicted molar refractivity (Wildman–Crippen MR) is 31.6 cm³/mol. The number of aliphatic carboxylic acids is 1. The summed E-state index contributed by atoms with van der Waals surface area (Å²) >= 11 is 0. The van der Waals surface area contributed by atoms with Gasteiger partial charge >= 0.3 is 24.0 Å². The largest absolute Gasteiger partial charge is 0.480 e. The lowest BCUT2D eigenvalue weighted by Gasteiger charge is -2.32.